The van der Waals surface area contributed by atoms with E-state index in [4.69, 9.17) is 10.5 Å². The molecule has 0 unspecified atom stereocenters. The summed E-state index contributed by atoms with van der Waals surface area (Å²) < 4.78 is 31.6. The summed E-state index contributed by atoms with van der Waals surface area (Å²) in [4.78, 5) is 11.9. The number of rotatable bonds is 3. The van der Waals surface area contributed by atoms with E-state index in [0.29, 0.717) is 17.1 Å². The van der Waals surface area contributed by atoms with Gasteiger partial charge in [0.2, 0.25) is 0 Å². The molecule has 0 aliphatic carbocycles. The van der Waals surface area contributed by atoms with Crippen LogP contribution in [-0.4, -0.2) is 13.0 Å². The topological polar surface area (TPSA) is 64.3 Å². The zero-order chi connectivity index (χ0) is 14.7. The molecule has 0 saturated carbocycles. The fourth-order valence-corrected chi connectivity index (χ4v) is 1.67. The molecule has 0 radical (unpaired) electrons. The van der Waals surface area contributed by atoms with Crippen molar-refractivity contribution in [3.05, 3.63) is 53.6 Å². The lowest BCUT2D eigenvalue weighted by Gasteiger charge is -2.11. The second-order valence-corrected chi connectivity index (χ2v) is 4.04. The molecule has 4 nitrogen and oxygen atoms in total. The van der Waals surface area contributed by atoms with Crippen LogP contribution in [0, 0.1) is 11.6 Å². The summed E-state index contributed by atoms with van der Waals surface area (Å²) in [7, 11) is 1.41. The average Bonchev–Trinajstić information content (AvgIpc) is 2.43. The normalized spacial score (nSPS) is 10.2. The Balaban J connectivity index is 2.30. The number of nitrogen functional groups attached to an aromatic ring is 1. The molecule has 0 aliphatic heterocycles. The summed E-state index contributed by atoms with van der Waals surface area (Å²) in [5.74, 6) is -1.95. The molecule has 6 heteroatoms. The van der Waals surface area contributed by atoms with Crippen LogP contribution in [0.5, 0.6) is 5.75 Å². The summed E-state index contributed by atoms with van der Waals surface area (Å²) in [6.45, 7) is 0. The second-order valence-electron chi connectivity index (χ2n) is 4.04. The van der Waals surface area contributed by atoms with E-state index in [1.165, 1.54) is 19.2 Å². The molecular formula is C14H12F2N2O2. The number of nitrogens with one attached hydrogen (secondary N) is 1. The maximum atomic E-state index is 13.5. The van der Waals surface area contributed by atoms with Crippen molar-refractivity contribution in [2.45, 2.75) is 0 Å². The lowest BCUT2D eigenvalue weighted by Crippen LogP contribution is -2.14. The van der Waals surface area contributed by atoms with Crippen LogP contribution in [0.25, 0.3) is 0 Å². The van der Waals surface area contributed by atoms with Crippen LogP contribution in [0.4, 0.5) is 20.2 Å². The van der Waals surface area contributed by atoms with Crippen LogP contribution in [0.2, 0.25) is 0 Å². The summed E-state index contributed by atoms with van der Waals surface area (Å²) in [6.07, 6.45) is 0. The molecule has 0 spiro atoms. The summed E-state index contributed by atoms with van der Waals surface area (Å²) in [5.41, 5.74) is 5.97. The maximum Gasteiger partial charge on any atom is 0.258 e. The Morgan fingerprint density at radius 3 is 2.65 bits per heavy atom. The Morgan fingerprint density at radius 2 is 1.95 bits per heavy atom. The van der Waals surface area contributed by atoms with Crippen molar-refractivity contribution < 1.29 is 18.3 Å². The first kappa shape index (κ1) is 13.8. The highest BCUT2D eigenvalue weighted by Gasteiger charge is 2.15. The summed E-state index contributed by atoms with van der Waals surface area (Å²) in [6, 6.07) is 7.25. The lowest BCUT2D eigenvalue weighted by atomic mass is 10.2. The number of benzene rings is 2. The number of hydrogen-bond donors (Lipinski definition) is 2. The Hall–Kier alpha value is -2.63. The number of amides is 1. The molecule has 2 aromatic rings. The van der Waals surface area contributed by atoms with E-state index < -0.39 is 17.5 Å². The van der Waals surface area contributed by atoms with Gasteiger partial charge in [-0.3, -0.25) is 4.79 Å². The number of methoxy groups -OCH3 is 1. The first-order valence-corrected chi connectivity index (χ1v) is 5.71. The molecule has 0 heterocycles. The van der Waals surface area contributed by atoms with Gasteiger partial charge in [0.15, 0.2) is 0 Å². The smallest absolute Gasteiger partial charge is 0.258 e. The van der Waals surface area contributed by atoms with Gasteiger partial charge in [-0.05, 0) is 30.3 Å². The van der Waals surface area contributed by atoms with Crippen molar-refractivity contribution in [1.82, 2.24) is 0 Å². The third-order valence-corrected chi connectivity index (χ3v) is 2.65. The van der Waals surface area contributed by atoms with Gasteiger partial charge in [0.05, 0.1) is 18.4 Å². The fraction of sp³-hybridized carbons (Fsp3) is 0.0714. The predicted molar refractivity (Wildman–Crippen MR) is 71.7 cm³/mol. The van der Waals surface area contributed by atoms with Gasteiger partial charge in [0, 0.05) is 11.8 Å². The highest BCUT2D eigenvalue weighted by Crippen LogP contribution is 2.27. The molecule has 20 heavy (non-hydrogen) atoms. The molecule has 0 aromatic heterocycles. The van der Waals surface area contributed by atoms with Crippen molar-refractivity contribution in [2.24, 2.45) is 0 Å². The molecule has 0 bridgehead atoms. The molecule has 2 aromatic carbocycles. The largest absolute Gasteiger partial charge is 0.494 e. The zero-order valence-corrected chi connectivity index (χ0v) is 10.6. The number of halogens is 2. The minimum atomic E-state index is -0.807. The van der Waals surface area contributed by atoms with Gasteiger partial charge in [-0.15, -0.1) is 0 Å². The minimum absolute atomic E-state index is 0.315. The van der Waals surface area contributed by atoms with Crippen molar-refractivity contribution in [2.75, 3.05) is 18.2 Å². The van der Waals surface area contributed by atoms with Crippen LogP contribution < -0.4 is 15.8 Å². The van der Waals surface area contributed by atoms with Crippen LogP contribution in [0.1, 0.15) is 10.4 Å². The number of hydrogen-bond acceptors (Lipinski definition) is 3. The third kappa shape index (κ3) is 2.85. The highest BCUT2D eigenvalue weighted by atomic mass is 19.1. The molecular weight excluding hydrogens is 266 g/mol. The van der Waals surface area contributed by atoms with E-state index in [2.05, 4.69) is 5.32 Å². The Bertz CT molecular complexity index is 660. The molecule has 1 amide bonds. The summed E-state index contributed by atoms with van der Waals surface area (Å²) in [5, 5.41) is 2.45. The first-order chi connectivity index (χ1) is 9.51. The van der Waals surface area contributed by atoms with Crippen LogP contribution in [-0.2, 0) is 0 Å². The van der Waals surface area contributed by atoms with E-state index in [9.17, 15) is 13.6 Å². The summed E-state index contributed by atoms with van der Waals surface area (Å²) >= 11 is 0. The van der Waals surface area contributed by atoms with Crippen molar-refractivity contribution in [1.29, 1.82) is 0 Å². The molecule has 0 fully saturated rings. The molecule has 0 atom stereocenters. The average molecular weight is 278 g/mol. The lowest BCUT2D eigenvalue weighted by molar-refractivity contribution is 0.102. The van der Waals surface area contributed by atoms with Gasteiger partial charge in [-0.1, -0.05) is 0 Å². The number of nitrogens with two attached hydrogens (primary N) is 1. The van der Waals surface area contributed by atoms with E-state index in [1.807, 2.05) is 0 Å². The Labute approximate surface area is 114 Å². The van der Waals surface area contributed by atoms with Crippen LogP contribution >= 0.6 is 0 Å². The van der Waals surface area contributed by atoms with Crippen molar-refractivity contribution >= 4 is 17.3 Å². The molecule has 3 N–H and O–H groups in total. The third-order valence-electron chi connectivity index (χ3n) is 2.65. The first-order valence-electron chi connectivity index (χ1n) is 5.71. The second kappa shape index (κ2) is 5.56. The van der Waals surface area contributed by atoms with E-state index in [0.717, 1.165) is 18.2 Å². The minimum Gasteiger partial charge on any atom is -0.494 e. The highest BCUT2D eigenvalue weighted by molar-refractivity contribution is 6.05. The van der Waals surface area contributed by atoms with Gasteiger partial charge in [-0.25, -0.2) is 8.78 Å². The monoisotopic (exact) mass is 278 g/mol. The quantitative estimate of drug-likeness (QED) is 0.848. The van der Waals surface area contributed by atoms with Crippen molar-refractivity contribution in [3.63, 3.8) is 0 Å². The predicted octanol–water partition coefficient (Wildman–Crippen LogP) is 2.81. The number of carbonyl (C=O) groups excluding carboxylic acids is 1. The van der Waals surface area contributed by atoms with Gasteiger partial charge in [0.1, 0.15) is 17.4 Å². The Morgan fingerprint density at radius 1 is 1.20 bits per heavy atom. The zero-order valence-electron chi connectivity index (χ0n) is 10.6. The Kier molecular flexibility index (Phi) is 3.84. The number of carbonyl (C=O) groups is 1. The van der Waals surface area contributed by atoms with Gasteiger partial charge >= 0.3 is 0 Å². The molecule has 2 rings (SSSR count). The number of ether oxygens (including phenoxy) is 1. The van der Waals surface area contributed by atoms with Crippen LogP contribution in [0.3, 0.4) is 0 Å². The van der Waals surface area contributed by atoms with E-state index in [-0.39, 0.29) is 5.56 Å². The van der Waals surface area contributed by atoms with E-state index in [1.54, 1.807) is 6.07 Å². The molecule has 0 aliphatic rings. The molecule has 0 saturated heterocycles. The standard InChI is InChI=1S/C14H12F2N2O2/c1-20-13-7-9(17)3-5-12(13)18-14(19)10-6-8(15)2-4-11(10)16/h2-7H,17H2,1H3,(H,18,19). The van der Waals surface area contributed by atoms with Gasteiger partial charge < -0.3 is 15.8 Å². The maximum absolute atomic E-state index is 13.5. The van der Waals surface area contributed by atoms with E-state index >= 15 is 0 Å². The van der Waals surface area contributed by atoms with Gasteiger partial charge in [-0.2, -0.15) is 0 Å². The van der Waals surface area contributed by atoms with Crippen LogP contribution in [0.15, 0.2) is 36.4 Å². The van der Waals surface area contributed by atoms with Crippen molar-refractivity contribution in [3.8, 4) is 5.75 Å². The molecule has 104 valence electrons. The van der Waals surface area contributed by atoms with Gasteiger partial charge in [0.25, 0.3) is 5.91 Å². The fourth-order valence-electron chi connectivity index (χ4n) is 1.67. The SMILES string of the molecule is COc1cc(N)ccc1NC(=O)c1cc(F)ccc1F. The number of anilines is 2.